The molecule has 27 heavy (non-hydrogen) atoms. The predicted octanol–water partition coefficient (Wildman–Crippen LogP) is 3.97. The van der Waals surface area contributed by atoms with Gasteiger partial charge < -0.3 is 10.0 Å². The minimum atomic E-state index is -0.674. The van der Waals surface area contributed by atoms with Crippen LogP contribution in [-0.4, -0.2) is 47.2 Å². The van der Waals surface area contributed by atoms with E-state index in [1.807, 2.05) is 0 Å². The van der Waals surface area contributed by atoms with E-state index in [0.717, 1.165) is 12.8 Å². The average molecular weight is 408 g/mol. The van der Waals surface area contributed by atoms with E-state index < -0.39 is 16.9 Å². The van der Waals surface area contributed by atoms with E-state index in [9.17, 15) is 19.5 Å². The number of halogens is 1. The molecule has 0 aromatic heterocycles. The van der Waals surface area contributed by atoms with Crippen molar-refractivity contribution in [3.8, 4) is 5.75 Å². The Kier molecular flexibility index (Phi) is 5.16. The summed E-state index contributed by atoms with van der Waals surface area (Å²) in [5.74, 6) is -1.09. The first-order valence-electron chi connectivity index (χ1n) is 8.75. The number of hydrogen-bond acceptors (Lipinski definition) is 6. The molecule has 0 radical (unpaired) electrons. The summed E-state index contributed by atoms with van der Waals surface area (Å²) in [5.41, 5.74) is -0.696. The molecule has 0 bridgehead atoms. The largest absolute Gasteiger partial charge is 0.506 e. The van der Waals surface area contributed by atoms with Crippen LogP contribution in [0, 0.1) is 11.3 Å². The summed E-state index contributed by atoms with van der Waals surface area (Å²) in [4.78, 5) is 40.7. The zero-order chi connectivity index (χ0) is 20.1. The second-order valence-electron chi connectivity index (χ2n) is 7.93. The van der Waals surface area contributed by atoms with Crippen molar-refractivity contribution in [2.75, 3.05) is 19.8 Å². The molecule has 0 atom stereocenters. The maximum Gasteiger partial charge on any atom is 0.201 e. The number of phenols is 1. The third-order valence-electron chi connectivity index (χ3n) is 4.72. The van der Waals surface area contributed by atoms with Crippen LogP contribution in [0.2, 0.25) is 5.02 Å². The van der Waals surface area contributed by atoms with Gasteiger partial charge in [0.05, 0.1) is 21.7 Å². The quantitative estimate of drug-likeness (QED) is 0.344. The molecule has 1 aliphatic heterocycles. The van der Waals surface area contributed by atoms with Crippen molar-refractivity contribution in [3.05, 3.63) is 34.0 Å². The van der Waals surface area contributed by atoms with E-state index in [-0.39, 0.29) is 39.2 Å². The molecule has 0 saturated heterocycles. The number of carbonyl (C=O) groups is 3. The number of fused-ring (bicyclic) bond motifs is 1. The van der Waals surface area contributed by atoms with Gasteiger partial charge in [0, 0.05) is 42.3 Å². The fraction of sp³-hybridized carbons (Fsp3) is 0.450. The number of carbonyl (C=O) groups excluding carboxylic acids is 3. The number of thioether (sulfide) groups is 1. The molecule has 144 valence electrons. The van der Waals surface area contributed by atoms with Crippen LogP contribution in [0.1, 0.15) is 47.4 Å². The van der Waals surface area contributed by atoms with Gasteiger partial charge >= 0.3 is 0 Å². The smallest absolute Gasteiger partial charge is 0.201 e. The van der Waals surface area contributed by atoms with Gasteiger partial charge in [-0.25, -0.2) is 0 Å². The molecule has 1 aromatic rings. The number of ketones is 3. The molecule has 5 nitrogen and oxygen atoms in total. The van der Waals surface area contributed by atoms with E-state index in [1.54, 1.807) is 32.8 Å². The zero-order valence-corrected chi connectivity index (χ0v) is 17.3. The van der Waals surface area contributed by atoms with Gasteiger partial charge in [-0.1, -0.05) is 25.4 Å². The summed E-state index contributed by atoms with van der Waals surface area (Å²) in [7, 11) is 3.44. The van der Waals surface area contributed by atoms with Crippen LogP contribution in [0.4, 0.5) is 0 Å². The van der Waals surface area contributed by atoms with Crippen molar-refractivity contribution in [2.45, 2.75) is 31.6 Å². The van der Waals surface area contributed by atoms with E-state index in [2.05, 4.69) is 0 Å². The van der Waals surface area contributed by atoms with Crippen LogP contribution in [0.5, 0.6) is 5.75 Å². The Bertz CT molecular complexity index is 884. The summed E-state index contributed by atoms with van der Waals surface area (Å²) in [6, 6.07) is 1.36. The van der Waals surface area contributed by atoms with Crippen LogP contribution in [0.15, 0.2) is 22.7 Å². The van der Waals surface area contributed by atoms with Gasteiger partial charge in [0.1, 0.15) is 5.75 Å². The number of hydrogen-bond donors (Lipinski definition) is 1. The van der Waals surface area contributed by atoms with Crippen molar-refractivity contribution < 1.29 is 19.5 Å². The Morgan fingerprint density at radius 2 is 1.96 bits per heavy atom. The molecule has 3 rings (SSSR count). The third kappa shape index (κ3) is 3.65. The molecular formula is C20H22ClNO4S. The molecule has 1 aliphatic carbocycles. The summed E-state index contributed by atoms with van der Waals surface area (Å²) >= 11 is 7.72. The third-order valence-corrected chi connectivity index (χ3v) is 6.71. The Balaban J connectivity index is 2.13. The van der Waals surface area contributed by atoms with Crippen LogP contribution in [-0.2, 0) is 4.79 Å². The highest BCUT2D eigenvalue weighted by Crippen LogP contribution is 2.48. The number of aromatic hydroxyl groups is 1. The molecule has 7 heteroatoms. The molecule has 0 spiro atoms. The second kappa shape index (κ2) is 6.99. The van der Waals surface area contributed by atoms with Crippen molar-refractivity contribution in [3.63, 3.8) is 0 Å². The highest BCUT2D eigenvalue weighted by molar-refractivity contribution is 7.99. The second-order valence-corrected chi connectivity index (χ2v) is 9.33. The van der Waals surface area contributed by atoms with Gasteiger partial charge in [-0.3, -0.25) is 14.4 Å². The predicted molar refractivity (Wildman–Crippen MR) is 106 cm³/mol. The SMILES string of the molecule is CN(C)/C=C(/C(=O)c1cc(Cl)c2c(c1O)C(=O)C(C)(C)CS2)C(=O)C1CC1. The average Bonchev–Trinajstić information content (AvgIpc) is 3.42. The fourth-order valence-electron chi connectivity index (χ4n) is 3.01. The molecular weight excluding hydrogens is 386 g/mol. The van der Waals surface area contributed by atoms with Gasteiger partial charge in [-0.2, -0.15) is 0 Å². The van der Waals surface area contributed by atoms with E-state index in [0.29, 0.717) is 10.6 Å². The minimum absolute atomic E-state index is 0.00369. The highest BCUT2D eigenvalue weighted by Gasteiger charge is 2.41. The van der Waals surface area contributed by atoms with Crippen LogP contribution in [0.3, 0.4) is 0 Å². The summed E-state index contributed by atoms with van der Waals surface area (Å²) < 4.78 is 0. The van der Waals surface area contributed by atoms with Crippen molar-refractivity contribution in [1.82, 2.24) is 4.90 Å². The highest BCUT2D eigenvalue weighted by atomic mass is 35.5. The van der Waals surface area contributed by atoms with E-state index in [1.165, 1.54) is 24.0 Å². The molecule has 0 amide bonds. The van der Waals surface area contributed by atoms with Crippen molar-refractivity contribution in [1.29, 1.82) is 0 Å². The van der Waals surface area contributed by atoms with Gasteiger partial charge in [-0.05, 0) is 18.9 Å². The Labute approximate surface area is 167 Å². The lowest BCUT2D eigenvalue weighted by Gasteiger charge is -2.30. The summed E-state index contributed by atoms with van der Waals surface area (Å²) in [6.07, 6.45) is 2.99. The Morgan fingerprint density at radius 3 is 2.52 bits per heavy atom. The topological polar surface area (TPSA) is 74.7 Å². The van der Waals surface area contributed by atoms with Gasteiger partial charge in [0.15, 0.2) is 11.6 Å². The maximum absolute atomic E-state index is 13.1. The number of nitrogens with zero attached hydrogens (tertiary/aromatic N) is 1. The number of benzene rings is 1. The molecule has 1 N–H and O–H groups in total. The first-order valence-corrected chi connectivity index (χ1v) is 10.1. The summed E-state index contributed by atoms with van der Waals surface area (Å²) in [5, 5.41) is 11.0. The van der Waals surface area contributed by atoms with E-state index >= 15 is 0 Å². The Hall–Kier alpha value is -1.79. The number of allylic oxidation sites excluding steroid dienone is 1. The van der Waals surface area contributed by atoms with Gasteiger partial charge in [0.25, 0.3) is 0 Å². The Morgan fingerprint density at radius 1 is 1.33 bits per heavy atom. The molecule has 2 aliphatic rings. The molecule has 1 aromatic carbocycles. The van der Waals surface area contributed by atoms with Crippen LogP contribution >= 0.6 is 23.4 Å². The fourth-order valence-corrected chi connectivity index (χ4v) is 4.54. The lowest BCUT2D eigenvalue weighted by Crippen LogP contribution is -2.31. The van der Waals surface area contributed by atoms with E-state index in [4.69, 9.17) is 11.6 Å². The number of Topliss-reactive ketones (excluding diaryl/α,β-unsaturated/α-hetero) is 3. The number of phenolic OH excluding ortho intramolecular Hbond substituents is 1. The van der Waals surface area contributed by atoms with Crippen molar-refractivity contribution in [2.24, 2.45) is 11.3 Å². The van der Waals surface area contributed by atoms with Crippen molar-refractivity contribution >= 4 is 40.7 Å². The normalized spacial score (nSPS) is 18.9. The number of rotatable bonds is 5. The molecule has 0 unspecified atom stereocenters. The van der Waals surface area contributed by atoms with Crippen LogP contribution < -0.4 is 0 Å². The van der Waals surface area contributed by atoms with Crippen LogP contribution in [0.25, 0.3) is 0 Å². The minimum Gasteiger partial charge on any atom is -0.506 e. The standard InChI is InChI=1S/C20H22ClNO4S/c1-20(2)9-27-18-13(21)7-11(17(25)14(18)19(20)26)16(24)12(8-22(3)4)15(23)10-5-6-10/h7-8,10,25H,5-6,9H2,1-4H3/b12-8+. The monoisotopic (exact) mass is 407 g/mol. The lowest BCUT2D eigenvalue weighted by atomic mass is 9.84. The maximum atomic E-state index is 13.1. The van der Waals surface area contributed by atoms with Gasteiger partial charge in [0.2, 0.25) is 5.78 Å². The molecule has 1 saturated carbocycles. The first-order chi connectivity index (χ1) is 12.5. The zero-order valence-electron chi connectivity index (χ0n) is 15.8. The molecule has 1 heterocycles. The summed E-state index contributed by atoms with van der Waals surface area (Å²) in [6.45, 7) is 3.59. The molecule has 1 fully saturated rings. The first kappa shape index (κ1) is 20.0. The lowest BCUT2D eigenvalue weighted by molar-refractivity contribution is -0.116. The van der Waals surface area contributed by atoms with Gasteiger partial charge in [-0.15, -0.1) is 11.8 Å².